The standard InChI is InChI=1S/C16H24N2O/c1-4-16(19)13-5-7-15(8-6-13)18-11-9-14(10-12-18)17(2)3/h5-8,14H,4,9-12H2,1-3H3. The van der Waals surface area contributed by atoms with E-state index >= 15 is 0 Å². The number of carbonyl (C=O) groups is 1. The van der Waals surface area contributed by atoms with Crippen LogP contribution in [0, 0.1) is 0 Å². The zero-order chi connectivity index (χ0) is 13.8. The SMILES string of the molecule is CCC(=O)c1ccc(N2CCC(N(C)C)CC2)cc1. The van der Waals surface area contributed by atoms with Crippen LogP contribution in [0.4, 0.5) is 5.69 Å². The average Bonchev–Trinajstić information content (AvgIpc) is 2.46. The van der Waals surface area contributed by atoms with Gasteiger partial charge in [0.15, 0.2) is 5.78 Å². The number of Topliss-reactive ketones (excluding diaryl/α,β-unsaturated/α-hetero) is 1. The first-order valence-corrected chi connectivity index (χ1v) is 7.16. The van der Waals surface area contributed by atoms with Gasteiger partial charge in [0.05, 0.1) is 0 Å². The van der Waals surface area contributed by atoms with Crippen LogP contribution in [0.1, 0.15) is 36.5 Å². The van der Waals surface area contributed by atoms with Crippen LogP contribution >= 0.6 is 0 Å². The highest BCUT2D eigenvalue weighted by molar-refractivity contribution is 5.96. The highest BCUT2D eigenvalue weighted by atomic mass is 16.1. The Morgan fingerprint density at radius 3 is 2.26 bits per heavy atom. The van der Waals surface area contributed by atoms with Crippen molar-refractivity contribution in [2.75, 3.05) is 32.1 Å². The van der Waals surface area contributed by atoms with Gasteiger partial charge in [-0.05, 0) is 51.2 Å². The van der Waals surface area contributed by atoms with Gasteiger partial charge in [0, 0.05) is 36.8 Å². The largest absolute Gasteiger partial charge is 0.371 e. The fourth-order valence-electron chi connectivity index (χ4n) is 2.70. The molecule has 0 aliphatic carbocycles. The molecule has 0 saturated carbocycles. The van der Waals surface area contributed by atoms with Gasteiger partial charge in [-0.1, -0.05) is 6.92 Å². The Kier molecular flexibility index (Phi) is 4.59. The van der Waals surface area contributed by atoms with Gasteiger partial charge < -0.3 is 9.80 Å². The predicted octanol–water partition coefficient (Wildman–Crippen LogP) is 2.81. The number of anilines is 1. The average molecular weight is 260 g/mol. The smallest absolute Gasteiger partial charge is 0.162 e. The summed E-state index contributed by atoms with van der Waals surface area (Å²) < 4.78 is 0. The van der Waals surface area contributed by atoms with Crippen molar-refractivity contribution in [3.63, 3.8) is 0 Å². The number of hydrogen-bond donors (Lipinski definition) is 0. The first-order valence-electron chi connectivity index (χ1n) is 7.16. The van der Waals surface area contributed by atoms with Crippen LogP contribution in [0.2, 0.25) is 0 Å². The second-order valence-corrected chi connectivity index (χ2v) is 5.51. The fraction of sp³-hybridized carbons (Fsp3) is 0.562. The summed E-state index contributed by atoms with van der Waals surface area (Å²) in [7, 11) is 4.32. The number of hydrogen-bond acceptors (Lipinski definition) is 3. The van der Waals surface area contributed by atoms with E-state index in [1.54, 1.807) is 0 Å². The number of ketones is 1. The number of nitrogens with zero attached hydrogens (tertiary/aromatic N) is 2. The molecule has 0 amide bonds. The summed E-state index contributed by atoms with van der Waals surface area (Å²) in [5.74, 6) is 0.220. The van der Waals surface area contributed by atoms with E-state index in [0.717, 1.165) is 18.7 Å². The third kappa shape index (κ3) is 3.35. The topological polar surface area (TPSA) is 23.6 Å². The van der Waals surface area contributed by atoms with Crippen LogP contribution in [0.3, 0.4) is 0 Å². The molecule has 1 aliphatic heterocycles. The van der Waals surface area contributed by atoms with Crippen LogP contribution in [-0.2, 0) is 0 Å². The first kappa shape index (κ1) is 14.1. The molecule has 0 bridgehead atoms. The van der Waals surface area contributed by atoms with Gasteiger partial charge in [-0.25, -0.2) is 0 Å². The van der Waals surface area contributed by atoms with Crippen molar-refractivity contribution in [1.29, 1.82) is 0 Å². The summed E-state index contributed by atoms with van der Waals surface area (Å²) in [5.41, 5.74) is 2.07. The van der Waals surface area contributed by atoms with Crippen molar-refractivity contribution in [2.24, 2.45) is 0 Å². The van der Waals surface area contributed by atoms with Crippen molar-refractivity contribution in [1.82, 2.24) is 4.90 Å². The molecule has 0 spiro atoms. The minimum atomic E-state index is 0.220. The molecule has 0 N–H and O–H groups in total. The molecule has 0 aromatic heterocycles. The summed E-state index contributed by atoms with van der Waals surface area (Å²) in [6.45, 7) is 4.11. The second kappa shape index (κ2) is 6.20. The van der Waals surface area contributed by atoms with E-state index in [2.05, 4.69) is 36.0 Å². The zero-order valence-corrected chi connectivity index (χ0v) is 12.2. The summed E-state index contributed by atoms with van der Waals surface area (Å²) in [6, 6.07) is 8.79. The lowest BCUT2D eigenvalue weighted by molar-refractivity contribution is 0.0988. The summed E-state index contributed by atoms with van der Waals surface area (Å²) >= 11 is 0. The molecule has 0 radical (unpaired) electrons. The van der Waals surface area contributed by atoms with E-state index < -0.39 is 0 Å². The van der Waals surface area contributed by atoms with Crippen molar-refractivity contribution >= 4 is 11.5 Å². The Morgan fingerprint density at radius 2 is 1.79 bits per heavy atom. The van der Waals surface area contributed by atoms with Gasteiger partial charge in [-0.3, -0.25) is 4.79 Å². The molecule has 1 aromatic carbocycles. The maximum absolute atomic E-state index is 11.6. The molecule has 1 heterocycles. The molecule has 1 aliphatic rings. The first-order chi connectivity index (χ1) is 9.11. The molecule has 3 heteroatoms. The Balaban J connectivity index is 1.98. The molecule has 0 atom stereocenters. The highest BCUT2D eigenvalue weighted by Gasteiger charge is 2.20. The van der Waals surface area contributed by atoms with Crippen molar-refractivity contribution in [2.45, 2.75) is 32.2 Å². The third-order valence-electron chi connectivity index (χ3n) is 4.07. The molecule has 1 fully saturated rings. The lowest BCUT2D eigenvalue weighted by Gasteiger charge is -2.36. The molecule has 0 unspecified atom stereocenters. The minimum absolute atomic E-state index is 0.220. The molecule has 1 aromatic rings. The molecule has 2 rings (SSSR count). The predicted molar refractivity (Wildman–Crippen MR) is 80.0 cm³/mol. The number of rotatable bonds is 4. The van der Waals surface area contributed by atoms with Gasteiger partial charge >= 0.3 is 0 Å². The zero-order valence-electron chi connectivity index (χ0n) is 12.2. The van der Waals surface area contributed by atoms with E-state index in [1.807, 2.05) is 19.1 Å². The normalized spacial score (nSPS) is 16.9. The maximum Gasteiger partial charge on any atom is 0.162 e. The van der Waals surface area contributed by atoms with Crippen molar-refractivity contribution in [3.05, 3.63) is 29.8 Å². The maximum atomic E-state index is 11.6. The molecular formula is C16H24N2O. The van der Waals surface area contributed by atoms with E-state index in [1.165, 1.54) is 18.5 Å². The molecular weight excluding hydrogens is 236 g/mol. The lowest BCUT2D eigenvalue weighted by Crippen LogP contribution is -2.41. The van der Waals surface area contributed by atoms with Gasteiger partial charge in [0.2, 0.25) is 0 Å². The Labute approximate surface area is 116 Å². The van der Waals surface area contributed by atoms with Crippen molar-refractivity contribution in [3.8, 4) is 0 Å². The Morgan fingerprint density at radius 1 is 1.21 bits per heavy atom. The number of benzene rings is 1. The summed E-state index contributed by atoms with van der Waals surface area (Å²) in [5, 5.41) is 0. The minimum Gasteiger partial charge on any atom is -0.371 e. The number of carbonyl (C=O) groups excluding carboxylic acids is 1. The van der Waals surface area contributed by atoms with E-state index in [4.69, 9.17) is 0 Å². The van der Waals surface area contributed by atoms with Gasteiger partial charge in [-0.15, -0.1) is 0 Å². The van der Waals surface area contributed by atoms with E-state index in [-0.39, 0.29) is 5.78 Å². The van der Waals surface area contributed by atoms with E-state index in [0.29, 0.717) is 12.5 Å². The molecule has 1 saturated heterocycles. The fourth-order valence-corrected chi connectivity index (χ4v) is 2.70. The van der Waals surface area contributed by atoms with Crippen LogP contribution in [0.25, 0.3) is 0 Å². The van der Waals surface area contributed by atoms with Crippen molar-refractivity contribution < 1.29 is 4.79 Å². The molecule has 3 nitrogen and oxygen atoms in total. The Hall–Kier alpha value is -1.35. The molecule has 104 valence electrons. The second-order valence-electron chi connectivity index (χ2n) is 5.51. The van der Waals surface area contributed by atoms with E-state index in [9.17, 15) is 4.79 Å². The quantitative estimate of drug-likeness (QED) is 0.778. The van der Waals surface area contributed by atoms with Crippen LogP contribution < -0.4 is 4.90 Å². The van der Waals surface area contributed by atoms with Crippen LogP contribution in [0.5, 0.6) is 0 Å². The van der Waals surface area contributed by atoms with Crippen LogP contribution in [0.15, 0.2) is 24.3 Å². The van der Waals surface area contributed by atoms with Gasteiger partial charge in [0.25, 0.3) is 0 Å². The monoisotopic (exact) mass is 260 g/mol. The van der Waals surface area contributed by atoms with Crippen LogP contribution in [-0.4, -0.2) is 43.9 Å². The highest BCUT2D eigenvalue weighted by Crippen LogP contribution is 2.22. The van der Waals surface area contributed by atoms with Gasteiger partial charge in [0.1, 0.15) is 0 Å². The summed E-state index contributed by atoms with van der Waals surface area (Å²) in [4.78, 5) is 16.3. The lowest BCUT2D eigenvalue weighted by atomic mass is 10.0. The van der Waals surface area contributed by atoms with Gasteiger partial charge in [-0.2, -0.15) is 0 Å². The number of piperidine rings is 1. The molecule has 19 heavy (non-hydrogen) atoms. The third-order valence-corrected chi connectivity index (χ3v) is 4.07. The Bertz CT molecular complexity index is 417. The summed E-state index contributed by atoms with van der Waals surface area (Å²) in [6.07, 6.45) is 3.00.